The Hall–Kier alpha value is -0.610. The second kappa shape index (κ2) is 3.76. The first-order valence-corrected chi connectivity index (χ1v) is 5.55. The molecule has 0 aromatic carbocycles. The zero-order chi connectivity index (χ0) is 11.1. The molecule has 1 N–H and O–H groups in total. The van der Waals surface area contributed by atoms with Crippen LogP contribution in [0.15, 0.2) is 0 Å². The summed E-state index contributed by atoms with van der Waals surface area (Å²) in [6.07, 6.45) is 1.23. The van der Waals surface area contributed by atoms with Crippen LogP contribution in [0.4, 0.5) is 0 Å². The van der Waals surface area contributed by atoms with Crippen molar-refractivity contribution in [3.05, 3.63) is 0 Å². The van der Waals surface area contributed by atoms with Gasteiger partial charge >= 0.3 is 5.97 Å². The Morgan fingerprint density at radius 2 is 1.93 bits per heavy atom. The minimum Gasteiger partial charge on any atom is -0.481 e. The lowest BCUT2D eigenvalue weighted by atomic mass is 9.86. The molecule has 0 unspecified atom stereocenters. The zero-order valence-corrected chi connectivity index (χ0v) is 9.23. The van der Waals surface area contributed by atoms with Crippen molar-refractivity contribution in [3.8, 4) is 0 Å². The molecule has 2 rings (SSSR count). The van der Waals surface area contributed by atoms with E-state index in [1.807, 2.05) is 0 Å². The number of aliphatic carboxylic acids is 1. The average molecular weight is 214 g/mol. The normalized spacial score (nSPS) is 34.1. The molecule has 86 valence electrons. The zero-order valence-electron chi connectivity index (χ0n) is 9.23. The van der Waals surface area contributed by atoms with Gasteiger partial charge in [-0.2, -0.15) is 0 Å². The molecule has 2 atom stereocenters. The lowest BCUT2D eigenvalue weighted by molar-refractivity contribution is -0.160. The van der Waals surface area contributed by atoms with Gasteiger partial charge in [-0.15, -0.1) is 0 Å². The van der Waals surface area contributed by atoms with E-state index < -0.39 is 11.8 Å². The third kappa shape index (κ3) is 1.88. The molecule has 2 fully saturated rings. The molecule has 15 heavy (non-hydrogen) atoms. The quantitative estimate of drug-likeness (QED) is 0.756. The van der Waals surface area contributed by atoms with Crippen molar-refractivity contribution in [3.63, 3.8) is 0 Å². The summed E-state index contributed by atoms with van der Waals surface area (Å²) in [5.74, 6) is -1.09. The van der Waals surface area contributed by atoms with E-state index in [-0.39, 0.29) is 11.8 Å². The molecular weight excluding hydrogens is 196 g/mol. The molecule has 4 heteroatoms. The van der Waals surface area contributed by atoms with Gasteiger partial charge < -0.3 is 14.6 Å². The van der Waals surface area contributed by atoms with Gasteiger partial charge in [0.25, 0.3) is 0 Å². The molecule has 1 aliphatic heterocycles. The minimum absolute atomic E-state index is 0.167. The Kier molecular flexibility index (Phi) is 2.73. The van der Waals surface area contributed by atoms with Crippen LogP contribution in [0.2, 0.25) is 0 Å². The van der Waals surface area contributed by atoms with Crippen LogP contribution in [-0.2, 0) is 14.3 Å². The van der Waals surface area contributed by atoms with Crippen LogP contribution in [0.5, 0.6) is 0 Å². The van der Waals surface area contributed by atoms with Crippen LogP contribution >= 0.6 is 0 Å². The van der Waals surface area contributed by atoms with Crippen LogP contribution in [0.25, 0.3) is 0 Å². The summed E-state index contributed by atoms with van der Waals surface area (Å²) in [4.78, 5) is 11.1. The summed E-state index contributed by atoms with van der Waals surface area (Å²) < 4.78 is 11.2. The summed E-state index contributed by atoms with van der Waals surface area (Å²) >= 11 is 0. The molecule has 1 saturated carbocycles. The van der Waals surface area contributed by atoms with E-state index in [1.54, 1.807) is 0 Å². The van der Waals surface area contributed by atoms with E-state index in [2.05, 4.69) is 13.8 Å². The maximum absolute atomic E-state index is 11.1. The van der Waals surface area contributed by atoms with Crippen LogP contribution < -0.4 is 0 Å². The van der Waals surface area contributed by atoms with Gasteiger partial charge in [0.1, 0.15) is 0 Å². The van der Waals surface area contributed by atoms with Gasteiger partial charge in [0.15, 0.2) is 5.79 Å². The molecular formula is C11H18O4. The molecule has 0 bridgehead atoms. The highest BCUT2D eigenvalue weighted by Crippen LogP contribution is 2.47. The van der Waals surface area contributed by atoms with Gasteiger partial charge in [-0.1, -0.05) is 13.8 Å². The summed E-state index contributed by atoms with van der Waals surface area (Å²) in [6, 6.07) is 0. The summed E-state index contributed by atoms with van der Waals surface area (Å²) in [6.45, 7) is 5.32. The lowest BCUT2D eigenvalue weighted by Gasteiger charge is -2.22. The molecule has 0 aromatic heterocycles. The largest absolute Gasteiger partial charge is 0.481 e. The number of hydrogen-bond donors (Lipinski definition) is 1. The Morgan fingerprint density at radius 3 is 2.33 bits per heavy atom. The molecule has 4 nitrogen and oxygen atoms in total. The van der Waals surface area contributed by atoms with Gasteiger partial charge in [-0.25, -0.2) is 0 Å². The first-order chi connectivity index (χ1) is 7.04. The second-order valence-electron chi connectivity index (χ2n) is 4.87. The number of ether oxygens (including phenoxy) is 2. The van der Waals surface area contributed by atoms with Crippen molar-refractivity contribution >= 4 is 5.97 Å². The fourth-order valence-corrected chi connectivity index (χ4v) is 2.77. The molecule has 1 heterocycles. The Bertz CT molecular complexity index is 255. The van der Waals surface area contributed by atoms with Crippen molar-refractivity contribution in [1.29, 1.82) is 0 Å². The predicted molar refractivity (Wildman–Crippen MR) is 53.3 cm³/mol. The van der Waals surface area contributed by atoms with Crippen LogP contribution in [-0.4, -0.2) is 30.1 Å². The van der Waals surface area contributed by atoms with Gasteiger partial charge in [-0.3, -0.25) is 4.79 Å². The monoisotopic (exact) mass is 214 g/mol. The summed E-state index contributed by atoms with van der Waals surface area (Å²) in [5.41, 5.74) is 0. The average Bonchev–Trinajstić information content (AvgIpc) is 2.74. The molecule has 1 spiro atoms. The number of carboxylic acid groups (broad SMARTS) is 1. The summed E-state index contributed by atoms with van der Waals surface area (Å²) in [7, 11) is 0. The first kappa shape index (κ1) is 10.9. The van der Waals surface area contributed by atoms with E-state index in [4.69, 9.17) is 14.6 Å². The SMILES string of the molecule is CC(C)[C@H]1CC2(C[C@@H]1C(=O)O)OCCO2. The number of carbonyl (C=O) groups is 1. The molecule has 0 aromatic rings. The van der Waals surface area contributed by atoms with Crippen molar-refractivity contribution in [2.45, 2.75) is 32.5 Å². The fourth-order valence-electron chi connectivity index (χ4n) is 2.77. The molecule has 1 aliphatic carbocycles. The van der Waals surface area contributed by atoms with Crippen LogP contribution in [0, 0.1) is 17.8 Å². The summed E-state index contributed by atoms with van der Waals surface area (Å²) in [5, 5.41) is 9.17. The van der Waals surface area contributed by atoms with Gasteiger partial charge in [0, 0.05) is 12.8 Å². The molecule has 0 amide bonds. The van der Waals surface area contributed by atoms with Gasteiger partial charge in [-0.05, 0) is 11.8 Å². The number of rotatable bonds is 2. The van der Waals surface area contributed by atoms with Crippen LogP contribution in [0.1, 0.15) is 26.7 Å². The Balaban J connectivity index is 2.14. The highest BCUT2D eigenvalue weighted by atomic mass is 16.7. The second-order valence-corrected chi connectivity index (χ2v) is 4.87. The molecule has 2 aliphatic rings. The maximum Gasteiger partial charge on any atom is 0.306 e. The van der Waals surface area contributed by atoms with E-state index in [0.29, 0.717) is 25.6 Å². The van der Waals surface area contributed by atoms with Gasteiger partial charge in [0.2, 0.25) is 0 Å². The lowest BCUT2D eigenvalue weighted by Crippen LogP contribution is -2.27. The Labute approximate surface area is 89.6 Å². The van der Waals surface area contributed by atoms with Crippen molar-refractivity contribution < 1.29 is 19.4 Å². The minimum atomic E-state index is -0.718. The van der Waals surface area contributed by atoms with Crippen LogP contribution in [0.3, 0.4) is 0 Å². The third-order valence-electron chi connectivity index (χ3n) is 3.58. The topological polar surface area (TPSA) is 55.8 Å². The highest BCUT2D eigenvalue weighted by molar-refractivity contribution is 5.71. The number of hydrogen-bond acceptors (Lipinski definition) is 3. The van der Waals surface area contributed by atoms with E-state index in [9.17, 15) is 4.79 Å². The van der Waals surface area contributed by atoms with Crippen molar-refractivity contribution in [2.75, 3.05) is 13.2 Å². The molecule has 1 saturated heterocycles. The van der Waals surface area contributed by atoms with E-state index in [0.717, 1.165) is 6.42 Å². The first-order valence-electron chi connectivity index (χ1n) is 5.55. The maximum atomic E-state index is 11.1. The third-order valence-corrected chi connectivity index (χ3v) is 3.58. The van der Waals surface area contributed by atoms with Crippen molar-refractivity contribution in [2.24, 2.45) is 17.8 Å². The van der Waals surface area contributed by atoms with Crippen molar-refractivity contribution in [1.82, 2.24) is 0 Å². The molecule has 0 radical (unpaired) electrons. The Morgan fingerprint density at radius 1 is 1.33 bits per heavy atom. The van der Waals surface area contributed by atoms with Gasteiger partial charge in [0.05, 0.1) is 19.1 Å². The van der Waals surface area contributed by atoms with E-state index in [1.165, 1.54) is 0 Å². The van der Waals surface area contributed by atoms with E-state index >= 15 is 0 Å². The fraction of sp³-hybridized carbons (Fsp3) is 0.909. The predicted octanol–water partition coefficient (Wildman–Crippen LogP) is 1.50. The standard InChI is InChI=1S/C11H18O4/c1-7(2)8-5-11(14-3-4-15-11)6-9(8)10(12)13/h7-9H,3-6H2,1-2H3,(H,12,13)/t8-,9+/m1/s1. The highest BCUT2D eigenvalue weighted by Gasteiger charge is 2.52. The number of carboxylic acids is 1. The smallest absolute Gasteiger partial charge is 0.306 e.